The molecule has 0 radical (unpaired) electrons. The molecule has 0 fully saturated rings. The van der Waals surface area contributed by atoms with E-state index in [1.54, 1.807) is 26.5 Å². The molecule has 1 aromatic heterocycles. The number of methoxy groups -OCH3 is 2. The summed E-state index contributed by atoms with van der Waals surface area (Å²) < 4.78 is 31.6. The standard InChI is InChI=1S/C31H34FN3O4/c1-20-25(14-21-15-28(37-4)31(29(16-21)38-5)39-13-12-35(2)3)24-10-9-22(32)17-27(24)26(20)18-30(36)34-19-23-8-6-7-11-33-23/h6-11,14-17H,12-13,18-19H2,1-5H3,(H,34,36)/b25-14-. The second-order valence-electron chi connectivity index (χ2n) is 9.53. The predicted molar refractivity (Wildman–Crippen MR) is 151 cm³/mol. The number of fused-ring (bicyclic) bond motifs is 1. The number of benzene rings is 2. The van der Waals surface area contributed by atoms with Gasteiger partial charge in [0.05, 0.1) is 32.9 Å². The first-order chi connectivity index (χ1) is 18.8. The van der Waals surface area contributed by atoms with E-state index in [1.807, 2.05) is 62.3 Å². The Morgan fingerprint density at radius 2 is 1.79 bits per heavy atom. The van der Waals surface area contributed by atoms with Gasteiger partial charge in [-0.1, -0.05) is 12.1 Å². The lowest BCUT2D eigenvalue weighted by Gasteiger charge is -2.17. The third kappa shape index (κ3) is 6.64. The van der Waals surface area contributed by atoms with Crippen LogP contribution in [0, 0.1) is 5.82 Å². The molecule has 1 N–H and O–H groups in total. The summed E-state index contributed by atoms with van der Waals surface area (Å²) in [5.74, 6) is 1.13. The number of nitrogens with one attached hydrogen (secondary N) is 1. The van der Waals surface area contributed by atoms with Crippen molar-refractivity contribution in [3.8, 4) is 17.2 Å². The second-order valence-corrected chi connectivity index (χ2v) is 9.53. The van der Waals surface area contributed by atoms with Gasteiger partial charge < -0.3 is 24.4 Å². The first-order valence-corrected chi connectivity index (χ1v) is 12.7. The zero-order chi connectivity index (χ0) is 27.9. The van der Waals surface area contributed by atoms with Crippen LogP contribution in [-0.4, -0.2) is 57.3 Å². The Kier molecular flexibility index (Phi) is 8.99. The highest BCUT2D eigenvalue weighted by Crippen LogP contribution is 2.45. The summed E-state index contributed by atoms with van der Waals surface area (Å²) in [6.45, 7) is 3.51. The smallest absolute Gasteiger partial charge is 0.224 e. The maximum atomic E-state index is 14.3. The van der Waals surface area contributed by atoms with Gasteiger partial charge in [-0.2, -0.15) is 0 Å². The predicted octanol–water partition coefficient (Wildman–Crippen LogP) is 5.21. The van der Waals surface area contributed by atoms with E-state index in [4.69, 9.17) is 14.2 Å². The average molecular weight is 532 g/mol. The molecule has 0 atom stereocenters. The van der Waals surface area contributed by atoms with Crippen molar-refractivity contribution in [3.05, 3.63) is 88.5 Å². The van der Waals surface area contributed by atoms with Crippen molar-refractivity contribution in [2.24, 2.45) is 0 Å². The third-order valence-corrected chi connectivity index (χ3v) is 6.56. The van der Waals surface area contributed by atoms with Crippen LogP contribution in [0.4, 0.5) is 4.39 Å². The quantitative estimate of drug-likeness (QED) is 0.366. The number of allylic oxidation sites excluding steroid dienone is 2. The van der Waals surface area contributed by atoms with Crippen molar-refractivity contribution in [1.82, 2.24) is 15.2 Å². The summed E-state index contributed by atoms with van der Waals surface area (Å²) in [5, 5.41) is 2.92. The molecule has 0 saturated carbocycles. The molecule has 4 rings (SSSR count). The molecule has 1 aliphatic rings. The number of aromatic nitrogens is 1. The zero-order valence-corrected chi connectivity index (χ0v) is 23.0. The van der Waals surface area contributed by atoms with E-state index in [0.29, 0.717) is 36.0 Å². The van der Waals surface area contributed by atoms with E-state index in [2.05, 4.69) is 10.3 Å². The molecule has 204 valence electrons. The molecule has 1 heterocycles. The maximum Gasteiger partial charge on any atom is 0.224 e. The Morgan fingerprint density at radius 3 is 2.44 bits per heavy atom. The average Bonchev–Trinajstić information content (AvgIpc) is 3.17. The lowest BCUT2D eigenvalue weighted by Crippen LogP contribution is -2.23. The van der Waals surface area contributed by atoms with Crippen molar-refractivity contribution in [2.75, 3.05) is 41.5 Å². The second kappa shape index (κ2) is 12.6. The number of pyridine rings is 1. The van der Waals surface area contributed by atoms with Crippen LogP contribution in [0.3, 0.4) is 0 Å². The first-order valence-electron chi connectivity index (χ1n) is 12.7. The van der Waals surface area contributed by atoms with Crippen molar-refractivity contribution >= 4 is 23.1 Å². The number of hydrogen-bond acceptors (Lipinski definition) is 6. The number of nitrogens with zero attached hydrogens (tertiary/aromatic N) is 2. The van der Waals surface area contributed by atoms with Crippen LogP contribution in [0.25, 0.3) is 17.2 Å². The van der Waals surface area contributed by atoms with Crippen molar-refractivity contribution in [1.29, 1.82) is 0 Å². The van der Waals surface area contributed by atoms with Gasteiger partial charge in [-0.15, -0.1) is 0 Å². The fraction of sp³-hybridized carbons (Fsp3) is 0.290. The summed E-state index contributed by atoms with van der Waals surface area (Å²) in [5.41, 5.74) is 5.79. The molecule has 1 amide bonds. The lowest BCUT2D eigenvalue weighted by atomic mass is 10.00. The van der Waals surface area contributed by atoms with E-state index >= 15 is 0 Å². The number of amides is 1. The minimum Gasteiger partial charge on any atom is -0.493 e. The van der Waals surface area contributed by atoms with E-state index in [0.717, 1.165) is 40.1 Å². The Hall–Kier alpha value is -4.17. The summed E-state index contributed by atoms with van der Waals surface area (Å²) in [7, 11) is 7.13. The number of likely N-dealkylation sites (N-methyl/N-ethyl adjacent to an activating group) is 1. The lowest BCUT2D eigenvalue weighted by molar-refractivity contribution is -0.120. The minimum atomic E-state index is -0.350. The van der Waals surface area contributed by atoms with Crippen LogP contribution in [0.5, 0.6) is 17.2 Å². The molecule has 2 aromatic carbocycles. The Bertz CT molecular complexity index is 1380. The molecule has 1 aliphatic carbocycles. The molecule has 7 nitrogen and oxygen atoms in total. The molecule has 0 unspecified atom stereocenters. The molecule has 0 spiro atoms. The Labute approximate surface area is 228 Å². The van der Waals surface area contributed by atoms with Crippen LogP contribution in [-0.2, 0) is 11.3 Å². The minimum absolute atomic E-state index is 0.123. The molecule has 8 heteroatoms. The normalized spacial score (nSPS) is 13.6. The molecule has 0 aliphatic heterocycles. The van der Waals surface area contributed by atoms with Crippen molar-refractivity contribution in [3.63, 3.8) is 0 Å². The highest BCUT2D eigenvalue weighted by atomic mass is 19.1. The van der Waals surface area contributed by atoms with Gasteiger partial charge in [-0.3, -0.25) is 9.78 Å². The van der Waals surface area contributed by atoms with E-state index in [-0.39, 0.29) is 18.1 Å². The number of carbonyl (C=O) groups is 1. The highest BCUT2D eigenvalue weighted by molar-refractivity contribution is 6.08. The molecule has 0 saturated heterocycles. The monoisotopic (exact) mass is 531 g/mol. The molecule has 0 bridgehead atoms. The maximum absolute atomic E-state index is 14.3. The van der Waals surface area contributed by atoms with Gasteiger partial charge in [0.25, 0.3) is 0 Å². The van der Waals surface area contributed by atoms with Gasteiger partial charge in [-0.05, 0) is 96.9 Å². The number of rotatable bonds is 11. The van der Waals surface area contributed by atoms with Crippen LogP contribution >= 0.6 is 0 Å². The van der Waals surface area contributed by atoms with Crippen LogP contribution in [0.1, 0.15) is 35.7 Å². The van der Waals surface area contributed by atoms with Gasteiger partial charge in [0.1, 0.15) is 12.4 Å². The van der Waals surface area contributed by atoms with Gasteiger partial charge >= 0.3 is 0 Å². The molecular weight excluding hydrogens is 497 g/mol. The fourth-order valence-corrected chi connectivity index (χ4v) is 4.52. The number of hydrogen-bond donors (Lipinski definition) is 1. The Balaban J connectivity index is 1.65. The molecule has 3 aromatic rings. The van der Waals surface area contributed by atoms with Gasteiger partial charge in [0.2, 0.25) is 11.7 Å². The fourth-order valence-electron chi connectivity index (χ4n) is 4.52. The van der Waals surface area contributed by atoms with Crippen LogP contribution in [0.15, 0.2) is 60.3 Å². The van der Waals surface area contributed by atoms with Gasteiger partial charge in [-0.25, -0.2) is 4.39 Å². The zero-order valence-electron chi connectivity index (χ0n) is 23.0. The SMILES string of the molecule is COc1cc(/C=C2/C(C)=C(CC(=O)NCc3ccccn3)c3cc(F)ccc32)cc(OC)c1OCCN(C)C. The van der Waals surface area contributed by atoms with E-state index in [9.17, 15) is 9.18 Å². The van der Waals surface area contributed by atoms with Crippen LogP contribution in [0.2, 0.25) is 0 Å². The summed E-state index contributed by atoms with van der Waals surface area (Å²) in [6, 6.07) is 14.0. The van der Waals surface area contributed by atoms with E-state index < -0.39 is 0 Å². The third-order valence-electron chi connectivity index (χ3n) is 6.56. The van der Waals surface area contributed by atoms with Crippen molar-refractivity contribution in [2.45, 2.75) is 19.9 Å². The molecular formula is C31H34FN3O4. The number of ether oxygens (including phenoxy) is 3. The highest BCUT2D eigenvalue weighted by Gasteiger charge is 2.26. The summed E-state index contributed by atoms with van der Waals surface area (Å²) in [4.78, 5) is 19.2. The largest absolute Gasteiger partial charge is 0.493 e. The molecule has 39 heavy (non-hydrogen) atoms. The van der Waals surface area contributed by atoms with Gasteiger partial charge in [0, 0.05) is 12.7 Å². The topological polar surface area (TPSA) is 72.9 Å². The Morgan fingerprint density at radius 1 is 1.05 bits per heavy atom. The van der Waals surface area contributed by atoms with Gasteiger partial charge in [0.15, 0.2) is 11.5 Å². The number of halogens is 1. The van der Waals surface area contributed by atoms with Crippen LogP contribution < -0.4 is 19.5 Å². The van der Waals surface area contributed by atoms with E-state index in [1.165, 1.54) is 12.1 Å². The summed E-state index contributed by atoms with van der Waals surface area (Å²) >= 11 is 0. The number of carbonyl (C=O) groups excluding carboxylic acids is 1. The summed E-state index contributed by atoms with van der Waals surface area (Å²) in [6.07, 6.45) is 3.81. The van der Waals surface area contributed by atoms with Crippen molar-refractivity contribution < 1.29 is 23.4 Å². The first kappa shape index (κ1) is 27.9.